The minimum Gasteiger partial charge on any atom is -0.506 e. The van der Waals surface area contributed by atoms with Crippen LogP contribution in [0.15, 0.2) is 30.3 Å². The molecular formula is C14H14ClNO2S. The zero-order valence-electron chi connectivity index (χ0n) is 10.6. The minimum atomic E-state index is -0.208. The molecule has 0 fully saturated rings. The second-order valence-electron chi connectivity index (χ2n) is 4.31. The summed E-state index contributed by atoms with van der Waals surface area (Å²) in [7, 11) is 0. The topological polar surface area (TPSA) is 49.3 Å². The summed E-state index contributed by atoms with van der Waals surface area (Å²) in [5.74, 6) is -0.236. The van der Waals surface area contributed by atoms with Crippen LogP contribution in [-0.4, -0.2) is 11.0 Å². The Morgan fingerprint density at radius 2 is 2.11 bits per heavy atom. The van der Waals surface area contributed by atoms with Crippen LogP contribution in [0.25, 0.3) is 0 Å². The number of benzene rings is 1. The van der Waals surface area contributed by atoms with E-state index in [0.717, 1.165) is 4.88 Å². The van der Waals surface area contributed by atoms with E-state index in [4.69, 9.17) is 11.6 Å². The zero-order valence-corrected chi connectivity index (χ0v) is 12.2. The highest BCUT2D eigenvalue weighted by Gasteiger charge is 2.13. The smallest absolute Gasteiger partial charge is 0.251 e. The van der Waals surface area contributed by atoms with Crippen molar-refractivity contribution in [3.63, 3.8) is 0 Å². The Balaban J connectivity index is 2.10. The number of hydrogen-bond donors (Lipinski definition) is 2. The zero-order chi connectivity index (χ0) is 14.0. The van der Waals surface area contributed by atoms with Gasteiger partial charge >= 0.3 is 0 Å². The molecule has 19 heavy (non-hydrogen) atoms. The molecule has 0 radical (unpaired) electrons. The molecule has 100 valence electrons. The van der Waals surface area contributed by atoms with E-state index in [1.54, 1.807) is 17.4 Å². The summed E-state index contributed by atoms with van der Waals surface area (Å²) in [5.41, 5.74) is 0.433. The van der Waals surface area contributed by atoms with E-state index in [0.29, 0.717) is 5.56 Å². The largest absolute Gasteiger partial charge is 0.506 e. The van der Waals surface area contributed by atoms with Gasteiger partial charge in [0.1, 0.15) is 5.75 Å². The Morgan fingerprint density at radius 3 is 2.68 bits per heavy atom. The van der Waals surface area contributed by atoms with Gasteiger partial charge in [-0.2, -0.15) is 0 Å². The summed E-state index contributed by atoms with van der Waals surface area (Å²) in [4.78, 5) is 14.4. The van der Waals surface area contributed by atoms with E-state index in [1.165, 1.54) is 17.0 Å². The first kappa shape index (κ1) is 13.9. The second-order valence-corrected chi connectivity index (χ2v) is 6.04. The first-order valence-corrected chi connectivity index (χ1v) is 7.02. The van der Waals surface area contributed by atoms with Crippen LogP contribution in [0, 0.1) is 6.92 Å². The second kappa shape index (κ2) is 5.63. The Kier molecular flexibility index (Phi) is 4.12. The molecule has 2 aromatic rings. The van der Waals surface area contributed by atoms with Gasteiger partial charge in [0.15, 0.2) is 0 Å². The molecule has 0 aliphatic carbocycles. The maximum Gasteiger partial charge on any atom is 0.251 e. The number of carbonyl (C=O) groups is 1. The van der Waals surface area contributed by atoms with E-state index in [9.17, 15) is 9.90 Å². The van der Waals surface area contributed by atoms with Crippen LogP contribution in [0.5, 0.6) is 5.75 Å². The van der Waals surface area contributed by atoms with Crippen LogP contribution in [0.4, 0.5) is 0 Å². The standard InChI is InChI=1S/C14H14ClNO2S/c1-8-3-6-13(19-8)9(2)16-14(18)10-4-5-12(17)11(15)7-10/h3-7,9,17H,1-2H3,(H,16,18). The van der Waals surface area contributed by atoms with Crippen LogP contribution in [0.1, 0.15) is 33.1 Å². The maximum absolute atomic E-state index is 12.1. The molecule has 1 atom stereocenters. The van der Waals surface area contributed by atoms with Gasteiger partial charge in [0.2, 0.25) is 0 Å². The number of phenols is 1. The molecule has 0 aliphatic heterocycles. The van der Waals surface area contributed by atoms with Crippen LogP contribution >= 0.6 is 22.9 Å². The maximum atomic E-state index is 12.1. The summed E-state index contributed by atoms with van der Waals surface area (Å²) in [6.07, 6.45) is 0. The van der Waals surface area contributed by atoms with Crippen molar-refractivity contribution in [2.24, 2.45) is 0 Å². The van der Waals surface area contributed by atoms with Crippen molar-refractivity contribution in [1.29, 1.82) is 0 Å². The third-order valence-corrected chi connectivity index (χ3v) is 4.23. The highest BCUT2D eigenvalue weighted by molar-refractivity contribution is 7.12. The molecule has 1 unspecified atom stereocenters. The van der Waals surface area contributed by atoms with Crippen LogP contribution < -0.4 is 5.32 Å². The number of thiophene rings is 1. The van der Waals surface area contributed by atoms with Crippen LogP contribution in [0.2, 0.25) is 5.02 Å². The number of amides is 1. The predicted molar refractivity (Wildman–Crippen MR) is 78.1 cm³/mol. The van der Waals surface area contributed by atoms with Crippen LogP contribution in [-0.2, 0) is 0 Å². The SMILES string of the molecule is Cc1ccc(C(C)NC(=O)c2ccc(O)c(Cl)c2)s1. The van der Waals surface area contributed by atoms with Crippen molar-refractivity contribution in [3.8, 4) is 5.75 Å². The van der Waals surface area contributed by atoms with E-state index in [2.05, 4.69) is 5.32 Å². The van der Waals surface area contributed by atoms with Gasteiger partial charge in [0.25, 0.3) is 5.91 Å². The van der Waals surface area contributed by atoms with Gasteiger partial charge in [-0.1, -0.05) is 11.6 Å². The third-order valence-electron chi connectivity index (χ3n) is 2.75. The molecule has 0 saturated carbocycles. The lowest BCUT2D eigenvalue weighted by Crippen LogP contribution is -2.26. The lowest BCUT2D eigenvalue weighted by atomic mass is 10.2. The van der Waals surface area contributed by atoms with E-state index in [1.807, 2.05) is 26.0 Å². The Labute approximate surface area is 120 Å². The monoisotopic (exact) mass is 295 g/mol. The van der Waals surface area contributed by atoms with Gasteiger partial charge in [-0.3, -0.25) is 4.79 Å². The van der Waals surface area contributed by atoms with E-state index in [-0.39, 0.29) is 22.7 Å². The van der Waals surface area contributed by atoms with E-state index >= 15 is 0 Å². The lowest BCUT2D eigenvalue weighted by molar-refractivity contribution is 0.0940. The molecule has 1 aromatic carbocycles. The first-order chi connectivity index (χ1) is 8.97. The van der Waals surface area contributed by atoms with Crippen molar-refractivity contribution < 1.29 is 9.90 Å². The number of rotatable bonds is 3. The quantitative estimate of drug-likeness (QED) is 0.902. The predicted octanol–water partition coefficient (Wildman–Crippen LogP) is 3.91. The van der Waals surface area contributed by atoms with Gasteiger partial charge in [-0.15, -0.1) is 11.3 Å². The Bertz CT molecular complexity index is 609. The summed E-state index contributed by atoms with van der Waals surface area (Å²) in [6, 6.07) is 8.40. The Morgan fingerprint density at radius 1 is 1.37 bits per heavy atom. The molecule has 1 aromatic heterocycles. The third kappa shape index (κ3) is 3.28. The highest BCUT2D eigenvalue weighted by atomic mass is 35.5. The molecule has 1 heterocycles. The average Bonchev–Trinajstić information content (AvgIpc) is 2.79. The fourth-order valence-corrected chi connectivity index (χ4v) is 2.75. The average molecular weight is 296 g/mol. The number of aryl methyl sites for hydroxylation is 1. The molecular weight excluding hydrogens is 282 g/mol. The fourth-order valence-electron chi connectivity index (χ4n) is 1.69. The van der Waals surface area contributed by atoms with Crippen molar-refractivity contribution in [3.05, 3.63) is 50.7 Å². The molecule has 5 heteroatoms. The molecule has 0 aliphatic rings. The number of carbonyl (C=O) groups excluding carboxylic acids is 1. The minimum absolute atomic E-state index is 0.0276. The van der Waals surface area contributed by atoms with Gasteiger partial charge in [0, 0.05) is 15.3 Å². The van der Waals surface area contributed by atoms with Crippen molar-refractivity contribution in [2.45, 2.75) is 19.9 Å². The fraction of sp³-hybridized carbons (Fsp3) is 0.214. The van der Waals surface area contributed by atoms with Gasteiger partial charge in [0.05, 0.1) is 11.1 Å². The van der Waals surface area contributed by atoms with Gasteiger partial charge in [-0.25, -0.2) is 0 Å². The molecule has 2 rings (SSSR count). The summed E-state index contributed by atoms with van der Waals surface area (Å²) in [5, 5.41) is 12.4. The highest BCUT2D eigenvalue weighted by Crippen LogP contribution is 2.25. The number of hydrogen-bond acceptors (Lipinski definition) is 3. The summed E-state index contributed by atoms with van der Waals surface area (Å²) in [6.45, 7) is 3.97. The summed E-state index contributed by atoms with van der Waals surface area (Å²) < 4.78 is 0. The number of halogens is 1. The molecule has 2 N–H and O–H groups in total. The van der Waals surface area contributed by atoms with Crippen molar-refractivity contribution >= 4 is 28.8 Å². The number of nitrogens with one attached hydrogen (secondary N) is 1. The molecule has 0 saturated heterocycles. The molecule has 1 amide bonds. The molecule has 3 nitrogen and oxygen atoms in total. The normalized spacial score (nSPS) is 12.2. The Hall–Kier alpha value is -1.52. The molecule has 0 spiro atoms. The van der Waals surface area contributed by atoms with Gasteiger partial charge in [-0.05, 0) is 44.2 Å². The molecule has 0 bridgehead atoms. The van der Waals surface area contributed by atoms with Crippen LogP contribution in [0.3, 0.4) is 0 Å². The number of aromatic hydroxyl groups is 1. The first-order valence-electron chi connectivity index (χ1n) is 5.83. The van der Waals surface area contributed by atoms with E-state index < -0.39 is 0 Å². The van der Waals surface area contributed by atoms with Crippen molar-refractivity contribution in [2.75, 3.05) is 0 Å². The lowest BCUT2D eigenvalue weighted by Gasteiger charge is -2.12. The summed E-state index contributed by atoms with van der Waals surface area (Å²) >= 11 is 7.44. The van der Waals surface area contributed by atoms with Crippen molar-refractivity contribution in [1.82, 2.24) is 5.32 Å². The van der Waals surface area contributed by atoms with Gasteiger partial charge < -0.3 is 10.4 Å². The number of phenolic OH excluding ortho intramolecular Hbond substituents is 1.